The van der Waals surface area contributed by atoms with Gasteiger partial charge in [-0.25, -0.2) is 9.18 Å². The van der Waals surface area contributed by atoms with Crippen LogP contribution in [-0.4, -0.2) is 23.8 Å². The summed E-state index contributed by atoms with van der Waals surface area (Å²) in [5.74, 6) is 0.234. The Balaban J connectivity index is 1.51. The van der Waals surface area contributed by atoms with Crippen molar-refractivity contribution in [3.63, 3.8) is 0 Å². The zero-order chi connectivity index (χ0) is 16.2. The second-order valence-electron chi connectivity index (χ2n) is 5.72. The van der Waals surface area contributed by atoms with Crippen LogP contribution in [-0.2, 0) is 20.9 Å². The summed E-state index contributed by atoms with van der Waals surface area (Å²) in [7, 11) is 0. The number of ether oxygens (including phenoxy) is 2. The minimum Gasteiger partial charge on any atom is -0.457 e. The number of esters is 1. The number of rotatable bonds is 7. The van der Waals surface area contributed by atoms with Crippen molar-refractivity contribution < 1.29 is 23.2 Å². The Hall–Kier alpha value is -2.21. The van der Waals surface area contributed by atoms with Gasteiger partial charge in [-0.3, -0.25) is 0 Å². The van der Waals surface area contributed by atoms with Crippen LogP contribution < -0.4 is 0 Å². The first-order valence-corrected chi connectivity index (χ1v) is 7.61. The molecule has 0 aliphatic heterocycles. The van der Waals surface area contributed by atoms with E-state index in [1.165, 1.54) is 25.0 Å². The van der Waals surface area contributed by atoms with Gasteiger partial charge in [0.25, 0.3) is 0 Å². The van der Waals surface area contributed by atoms with E-state index in [0.717, 1.165) is 0 Å². The zero-order valence-corrected chi connectivity index (χ0v) is 12.8. The normalized spacial score (nSPS) is 15.4. The molecule has 1 atom stereocenters. The molecule has 0 amide bonds. The number of halogens is 1. The fraction of sp³-hybridized carbons (Fsp3) is 0.412. The van der Waals surface area contributed by atoms with E-state index >= 15 is 0 Å². The van der Waals surface area contributed by atoms with Gasteiger partial charge in [-0.1, -0.05) is 17.3 Å². The fourth-order valence-corrected chi connectivity index (χ4v) is 2.05. The smallest absolute Gasteiger partial charge is 0.335 e. The standard InChI is InChI=1S/C17H18FNO4/c1-11(21-9-12-5-6-12)17(20)22-10-15-8-16(23-19-15)13-3-2-4-14(18)7-13/h2-4,7-8,11-12H,5-6,9-10H2,1H3. The lowest BCUT2D eigenvalue weighted by Gasteiger charge is -2.11. The molecular weight excluding hydrogens is 301 g/mol. The van der Waals surface area contributed by atoms with E-state index in [-0.39, 0.29) is 12.4 Å². The van der Waals surface area contributed by atoms with E-state index in [1.807, 2.05) is 0 Å². The van der Waals surface area contributed by atoms with Crippen molar-refractivity contribution in [1.29, 1.82) is 0 Å². The summed E-state index contributed by atoms with van der Waals surface area (Å²) < 4.78 is 28.9. The summed E-state index contributed by atoms with van der Waals surface area (Å²) in [6.07, 6.45) is 1.75. The Morgan fingerprint density at radius 3 is 3.00 bits per heavy atom. The molecule has 6 heteroatoms. The highest BCUT2D eigenvalue weighted by Gasteiger charge is 2.24. The van der Waals surface area contributed by atoms with Crippen LogP contribution >= 0.6 is 0 Å². The zero-order valence-electron chi connectivity index (χ0n) is 12.8. The van der Waals surface area contributed by atoms with Crippen molar-refractivity contribution in [2.45, 2.75) is 32.5 Å². The third-order valence-corrected chi connectivity index (χ3v) is 3.64. The van der Waals surface area contributed by atoms with Crippen LogP contribution in [0.15, 0.2) is 34.9 Å². The highest BCUT2D eigenvalue weighted by molar-refractivity contribution is 5.74. The number of benzene rings is 1. The average molecular weight is 319 g/mol. The Morgan fingerprint density at radius 2 is 2.26 bits per heavy atom. The first kappa shape index (κ1) is 15.7. The number of hydrogen-bond donors (Lipinski definition) is 0. The molecule has 1 fully saturated rings. The number of nitrogens with zero attached hydrogens (tertiary/aromatic N) is 1. The molecule has 0 bridgehead atoms. The Morgan fingerprint density at radius 1 is 1.43 bits per heavy atom. The molecule has 0 saturated heterocycles. The van der Waals surface area contributed by atoms with Gasteiger partial charge in [0, 0.05) is 11.6 Å². The highest BCUT2D eigenvalue weighted by Crippen LogP contribution is 2.29. The van der Waals surface area contributed by atoms with Gasteiger partial charge < -0.3 is 14.0 Å². The molecule has 23 heavy (non-hydrogen) atoms. The first-order chi connectivity index (χ1) is 11.1. The lowest BCUT2D eigenvalue weighted by Crippen LogP contribution is -2.24. The van der Waals surface area contributed by atoms with Gasteiger partial charge in [-0.15, -0.1) is 0 Å². The van der Waals surface area contributed by atoms with Gasteiger partial charge in [0.05, 0.1) is 6.61 Å². The van der Waals surface area contributed by atoms with Crippen molar-refractivity contribution in [2.75, 3.05) is 6.61 Å². The molecule has 1 aliphatic carbocycles. The summed E-state index contributed by atoms with van der Waals surface area (Å²) in [6.45, 7) is 2.27. The highest BCUT2D eigenvalue weighted by atomic mass is 19.1. The van der Waals surface area contributed by atoms with Crippen LogP contribution in [0.5, 0.6) is 0 Å². The topological polar surface area (TPSA) is 61.6 Å². The summed E-state index contributed by atoms with van der Waals surface area (Å²) in [5.41, 5.74) is 1.04. The summed E-state index contributed by atoms with van der Waals surface area (Å²) >= 11 is 0. The second kappa shape index (κ2) is 6.91. The molecular formula is C17H18FNO4. The van der Waals surface area contributed by atoms with E-state index in [0.29, 0.717) is 29.5 Å². The van der Waals surface area contributed by atoms with Crippen molar-refractivity contribution in [3.05, 3.63) is 41.8 Å². The van der Waals surface area contributed by atoms with Crippen LogP contribution in [0.1, 0.15) is 25.5 Å². The van der Waals surface area contributed by atoms with Crippen LogP contribution in [0, 0.1) is 11.7 Å². The maximum atomic E-state index is 13.2. The largest absolute Gasteiger partial charge is 0.457 e. The quantitative estimate of drug-likeness (QED) is 0.733. The maximum absolute atomic E-state index is 13.2. The molecule has 0 radical (unpaired) electrons. The monoisotopic (exact) mass is 319 g/mol. The lowest BCUT2D eigenvalue weighted by atomic mass is 10.1. The third-order valence-electron chi connectivity index (χ3n) is 3.64. The van der Waals surface area contributed by atoms with Gasteiger partial charge >= 0.3 is 5.97 Å². The molecule has 2 aromatic rings. The van der Waals surface area contributed by atoms with Gasteiger partial charge in [0.15, 0.2) is 11.9 Å². The predicted molar refractivity (Wildman–Crippen MR) is 79.8 cm³/mol. The SMILES string of the molecule is CC(OCC1CC1)C(=O)OCc1cc(-c2cccc(F)c2)on1. The molecule has 1 aromatic carbocycles. The second-order valence-corrected chi connectivity index (χ2v) is 5.72. The number of hydrogen-bond acceptors (Lipinski definition) is 5. The number of aromatic nitrogens is 1. The van der Waals surface area contributed by atoms with Gasteiger partial charge in [-0.05, 0) is 37.8 Å². The van der Waals surface area contributed by atoms with Gasteiger partial charge in [0.2, 0.25) is 0 Å². The summed E-state index contributed by atoms with van der Waals surface area (Å²) in [4.78, 5) is 11.8. The Bertz CT molecular complexity index is 681. The van der Waals surface area contributed by atoms with E-state index in [4.69, 9.17) is 14.0 Å². The Labute approximate surface area is 133 Å². The molecule has 1 saturated carbocycles. The molecule has 0 N–H and O–H groups in total. The van der Waals surface area contributed by atoms with Crippen LogP contribution in [0.4, 0.5) is 4.39 Å². The molecule has 1 aliphatic rings. The molecule has 1 unspecified atom stereocenters. The maximum Gasteiger partial charge on any atom is 0.335 e. The first-order valence-electron chi connectivity index (χ1n) is 7.61. The van der Waals surface area contributed by atoms with Crippen molar-refractivity contribution in [2.24, 2.45) is 5.92 Å². The van der Waals surface area contributed by atoms with E-state index in [9.17, 15) is 9.18 Å². The average Bonchev–Trinajstić information content (AvgIpc) is 3.26. The van der Waals surface area contributed by atoms with Crippen LogP contribution in [0.25, 0.3) is 11.3 Å². The molecule has 122 valence electrons. The third kappa shape index (κ3) is 4.39. The van der Waals surface area contributed by atoms with E-state index < -0.39 is 12.1 Å². The summed E-state index contributed by atoms with van der Waals surface area (Å²) in [5, 5.41) is 3.82. The number of carbonyl (C=O) groups excluding carboxylic acids is 1. The predicted octanol–water partition coefficient (Wildman–Crippen LogP) is 3.34. The van der Waals surface area contributed by atoms with Crippen molar-refractivity contribution >= 4 is 5.97 Å². The van der Waals surface area contributed by atoms with Crippen LogP contribution in [0.3, 0.4) is 0 Å². The van der Waals surface area contributed by atoms with Gasteiger partial charge in [0.1, 0.15) is 18.1 Å². The van der Waals surface area contributed by atoms with E-state index in [1.54, 1.807) is 25.1 Å². The van der Waals surface area contributed by atoms with Gasteiger partial charge in [-0.2, -0.15) is 0 Å². The molecule has 3 rings (SSSR count). The number of carbonyl (C=O) groups is 1. The minimum atomic E-state index is -0.592. The molecule has 0 spiro atoms. The Kier molecular flexibility index (Phi) is 4.71. The van der Waals surface area contributed by atoms with E-state index in [2.05, 4.69) is 5.16 Å². The minimum absolute atomic E-state index is 0.00518. The molecule has 5 nitrogen and oxygen atoms in total. The molecule has 1 aromatic heterocycles. The van der Waals surface area contributed by atoms with Crippen molar-refractivity contribution in [1.82, 2.24) is 5.16 Å². The van der Waals surface area contributed by atoms with Crippen LogP contribution in [0.2, 0.25) is 0 Å². The fourth-order valence-electron chi connectivity index (χ4n) is 2.05. The van der Waals surface area contributed by atoms with Crippen molar-refractivity contribution in [3.8, 4) is 11.3 Å². The lowest BCUT2D eigenvalue weighted by molar-refractivity contribution is -0.157. The summed E-state index contributed by atoms with van der Waals surface area (Å²) in [6, 6.07) is 7.63. The molecule has 1 heterocycles.